The summed E-state index contributed by atoms with van der Waals surface area (Å²) in [5, 5.41) is 8.82. The molecule has 2 rings (SSSR count). The van der Waals surface area contributed by atoms with Crippen molar-refractivity contribution in [3.63, 3.8) is 0 Å². The number of amides is 1. The van der Waals surface area contributed by atoms with Crippen LogP contribution < -0.4 is 0 Å². The Labute approximate surface area is 146 Å². The summed E-state index contributed by atoms with van der Waals surface area (Å²) in [6.07, 6.45) is -0.165. The number of rotatable bonds is 7. The predicted octanol–water partition coefficient (Wildman–Crippen LogP) is 3.73. The quantitative estimate of drug-likeness (QED) is 0.804. The maximum atomic E-state index is 13.3. The first-order valence-corrected chi connectivity index (χ1v) is 8.22. The number of hydrogen-bond donors (Lipinski definition) is 1. The lowest BCUT2D eigenvalue weighted by molar-refractivity contribution is -0.138. The standard InChI is InChI=1S/C16H14ClF2NO3S/c17-14-4-2-11(24-14)8-15(21)20(6-5-16(22)23)9-10-1-3-12(18)13(19)7-10/h1-4,7H,5-6,8-9H2,(H,22,23). The average molecular weight is 374 g/mol. The highest BCUT2D eigenvalue weighted by Gasteiger charge is 2.17. The van der Waals surface area contributed by atoms with Gasteiger partial charge in [-0.25, -0.2) is 8.78 Å². The first-order valence-electron chi connectivity index (χ1n) is 7.03. The fourth-order valence-corrected chi connectivity index (χ4v) is 3.17. The molecule has 0 aliphatic carbocycles. The Morgan fingerprint density at radius 2 is 1.92 bits per heavy atom. The number of hydrogen-bond acceptors (Lipinski definition) is 3. The number of carboxylic acid groups (broad SMARTS) is 1. The van der Waals surface area contributed by atoms with Crippen LogP contribution in [0.25, 0.3) is 0 Å². The summed E-state index contributed by atoms with van der Waals surface area (Å²) in [7, 11) is 0. The smallest absolute Gasteiger partial charge is 0.305 e. The SMILES string of the molecule is O=C(O)CCN(Cc1ccc(F)c(F)c1)C(=O)Cc1ccc(Cl)s1. The van der Waals surface area contributed by atoms with Crippen molar-refractivity contribution in [3.05, 3.63) is 56.7 Å². The molecule has 1 N–H and O–H groups in total. The Kier molecular flexibility index (Phi) is 6.28. The van der Waals surface area contributed by atoms with Gasteiger partial charge < -0.3 is 10.0 Å². The minimum Gasteiger partial charge on any atom is -0.481 e. The summed E-state index contributed by atoms with van der Waals surface area (Å²) < 4.78 is 26.9. The van der Waals surface area contributed by atoms with Crippen molar-refractivity contribution < 1.29 is 23.5 Å². The van der Waals surface area contributed by atoms with E-state index in [0.717, 1.165) is 17.0 Å². The molecule has 8 heteroatoms. The van der Waals surface area contributed by atoms with Gasteiger partial charge in [-0.15, -0.1) is 11.3 Å². The summed E-state index contributed by atoms with van der Waals surface area (Å²) in [5.41, 5.74) is 0.386. The van der Waals surface area contributed by atoms with Crippen LogP contribution in [-0.2, 0) is 22.6 Å². The van der Waals surface area contributed by atoms with Crippen molar-refractivity contribution in [2.45, 2.75) is 19.4 Å². The number of benzene rings is 1. The van der Waals surface area contributed by atoms with Gasteiger partial charge in [-0.05, 0) is 29.8 Å². The van der Waals surface area contributed by atoms with E-state index in [0.29, 0.717) is 9.90 Å². The second kappa shape index (κ2) is 8.21. The molecule has 1 amide bonds. The van der Waals surface area contributed by atoms with Gasteiger partial charge in [0.15, 0.2) is 11.6 Å². The number of aliphatic carboxylic acids is 1. The molecule has 0 saturated heterocycles. The average Bonchev–Trinajstić information content (AvgIpc) is 2.91. The molecule has 0 spiro atoms. The molecule has 0 aliphatic heterocycles. The highest BCUT2D eigenvalue weighted by atomic mass is 35.5. The van der Waals surface area contributed by atoms with Crippen LogP contribution in [0.5, 0.6) is 0 Å². The summed E-state index contributed by atoms with van der Waals surface area (Å²) in [4.78, 5) is 25.3. The lowest BCUT2D eigenvalue weighted by Crippen LogP contribution is -2.33. The molecular formula is C16H14ClF2NO3S. The summed E-state index contributed by atoms with van der Waals surface area (Å²) in [6, 6.07) is 6.73. The zero-order valence-electron chi connectivity index (χ0n) is 12.5. The lowest BCUT2D eigenvalue weighted by atomic mass is 10.2. The van der Waals surface area contributed by atoms with Crippen LogP contribution in [0.1, 0.15) is 16.9 Å². The van der Waals surface area contributed by atoms with Gasteiger partial charge in [0.2, 0.25) is 5.91 Å². The lowest BCUT2D eigenvalue weighted by Gasteiger charge is -2.22. The van der Waals surface area contributed by atoms with Gasteiger partial charge in [-0.1, -0.05) is 17.7 Å². The Morgan fingerprint density at radius 3 is 2.50 bits per heavy atom. The molecule has 0 fully saturated rings. The molecule has 4 nitrogen and oxygen atoms in total. The minimum atomic E-state index is -1.04. The topological polar surface area (TPSA) is 57.6 Å². The van der Waals surface area contributed by atoms with Crippen LogP contribution in [0.3, 0.4) is 0 Å². The van der Waals surface area contributed by atoms with E-state index in [1.165, 1.54) is 22.3 Å². The summed E-state index contributed by atoms with van der Waals surface area (Å²) >= 11 is 7.09. The minimum absolute atomic E-state index is 0.00240. The first kappa shape index (κ1) is 18.4. The molecule has 0 atom stereocenters. The van der Waals surface area contributed by atoms with Crippen molar-refractivity contribution in [2.75, 3.05) is 6.54 Å². The van der Waals surface area contributed by atoms with E-state index in [9.17, 15) is 18.4 Å². The normalized spacial score (nSPS) is 10.6. The third-order valence-electron chi connectivity index (χ3n) is 3.26. The van der Waals surface area contributed by atoms with Gasteiger partial charge in [0, 0.05) is 18.0 Å². The largest absolute Gasteiger partial charge is 0.481 e. The third-order valence-corrected chi connectivity index (χ3v) is 4.49. The predicted molar refractivity (Wildman–Crippen MR) is 87.1 cm³/mol. The molecule has 1 heterocycles. The Bertz CT molecular complexity index is 751. The number of carbonyl (C=O) groups excluding carboxylic acids is 1. The molecule has 0 aliphatic rings. The summed E-state index contributed by atoms with van der Waals surface area (Å²) in [6.45, 7) is -0.0192. The van der Waals surface area contributed by atoms with E-state index >= 15 is 0 Å². The number of nitrogens with zero attached hydrogens (tertiary/aromatic N) is 1. The molecule has 24 heavy (non-hydrogen) atoms. The summed E-state index contributed by atoms with van der Waals surface area (Å²) in [5.74, 6) is -3.34. The number of carbonyl (C=O) groups is 2. The van der Waals surface area contributed by atoms with Crippen molar-refractivity contribution in [3.8, 4) is 0 Å². The van der Waals surface area contributed by atoms with E-state index in [4.69, 9.17) is 16.7 Å². The maximum Gasteiger partial charge on any atom is 0.305 e. The molecule has 128 valence electrons. The molecular weight excluding hydrogens is 360 g/mol. The Hall–Kier alpha value is -1.99. The van der Waals surface area contributed by atoms with Gasteiger partial charge in [0.25, 0.3) is 0 Å². The van der Waals surface area contributed by atoms with Crippen LogP contribution in [-0.4, -0.2) is 28.4 Å². The van der Waals surface area contributed by atoms with E-state index in [1.54, 1.807) is 12.1 Å². The monoisotopic (exact) mass is 373 g/mol. The van der Waals surface area contributed by atoms with Gasteiger partial charge in [-0.2, -0.15) is 0 Å². The fraction of sp³-hybridized carbons (Fsp3) is 0.250. The van der Waals surface area contributed by atoms with Crippen LogP contribution in [0.2, 0.25) is 4.34 Å². The zero-order valence-corrected chi connectivity index (χ0v) is 14.0. The van der Waals surface area contributed by atoms with Gasteiger partial charge >= 0.3 is 5.97 Å². The van der Waals surface area contributed by atoms with Crippen molar-refractivity contribution in [2.24, 2.45) is 0 Å². The van der Waals surface area contributed by atoms with Crippen LogP contribution in [0, 0.1) is 11.6 Å². The van der Waals surface area contributed by atoms with E-state index in [2.05, 4.69) is 0 Å². The van der Waals surface area contributed by atoms with Gasteiger partial charge in [0.1, 0.15) is 0 Å². The van der Waals surface area contributed by atoms with Gasteiger partial charge in [0.05, 0.1) is 17.2 Å². The van der Waals surface area contributed by atoms with Crippen molar-refractivity contribution in [1.82, 2.24) is 4.90 Å². The van der Waals surface area contributed by atoms with Crippen LogP contribution in [0.15, 0.2) is 30.3 Å². The molecule has 1 aromatic carbocycles. The molecule has 0 saturated carbocycles. The van der Waals surface area contributed by atoms with E-state index in [-0.39, 0.29) is 31.8 Å². The third kappa shape index (κ3) is 5.28. The van der Waals surface area contributed by atoms with E-state index < -0.39 is 17.6 Å². The second-order valence-electron chi connectivity index (χ2n) is 5.09. The Balaban J connectivity index is 2.11. The van der Waals surface area contributed by atoms with Crippen LogP contribution >= 0.6 is 22.9 Å². The molecule has 1 aromatic heterocycles. The van der Waals surface area contributed by atoms with Crippen molar-refractivity contribution >= 4 is 34.8 Å². The number of carboxylic acids is 1. The Morgan fingerprint density at radius 1 is 1.17 bits per heavy atom. The molecule has 0 radical (unpaired) electrons. The van der Waals surface area contributed by atoms with Gasteiger partial charge in [-0.3, -0.25) is 9.59 Å². The highest BCUT2D eigenvalue weighted by molar-refractivity contribution is 7.16. The highest BCUT2D eigenvalue weighted by Crippen LogP contribution is 2.22. The maximum absolute atomic E-state index is 13.3. The number of halogens is 3. The van der Waals surface area contributed by atoms with E-state index in [1.807, 2.05) is 0 Å². The first-order chi connectivity index (χ1) is 11.3. The molecule has 0 bridgehead atoms. The fourth-order valence-electron chi connectivity index (χ4n) is 2.09. The van der Waals surface area contributed by atoms with Crippen LogP contribution in [0.4, 0.5) is 8.78 Å². The second-order valence-corrected chi connectivity index (χ2v) is 6.89. The zero-order chi connectivity index (χ0) is 17.7. The number of thiophene rings is 1. The molecule has 0 unspecified atom stereocenters. The van der Waals surface area contributed by atoms with Crippen molar-refractivity contribution in [1.29, 1.82) is 0 Å². The molecule has 2 aromatic rings.